The molecule has 1 heterocycles. The molecule has 0 spiro atoms. The molecule has 1 aliphatic heterocycles. The fraction of sp³-hybridized carbons (Fsp3) is 0.588. The van der Waals surface area contributed by atoms with E-state index >= 15 is 0 Å². The van der Waals surface area contributed by atoms with Gasteiger partial charge in [-0.3, -0.25) is 4.79 Å². The van der Waals surface area contributed by atoms with Gasteiger partial charge in [0.15, 0.2) is 6.54 Å². The van der Waals surface area contributed by atoms with Crippen molar-refractivity contribution in [2.24, 2.45) is 0 Å². The van der Waals surface area contributed by atoms with Crippen molar-refractivity contribution in [1.82, 2.24) is 9.62 Å². The number of nitrogens with zero attached hydrogens (tertiary/aromatic N) is 1. The molecule has 26 heavy (non-hydrogen) atoms. The van der Waals surface area contributed by atoms with E-state index in [1.54, 1.807) is 6.07 Å². The van der Waals surface area contributed by atoms with Gasteiger partial charge in [0.25, 0.3) is 5.91 Å². The van der Waals surface area contributed by atoms with Gasteiger partial charge in [0.05, 0.1) is 31.2 Å². The molecule has 1 aliphatic rings. The number of quaternary nitrogens is 1. The molecule has 1 aromatic carbocycles. The molecule has 1 atom stereocenters. The Morgan fingerprint density at radius 1 is 1.31 bits per heavy atom. The first kappa shape index (κ1) is 21.4. The van der Waals surface area contributed by atoms with E-state index in [1.165, 1.54) is 16.4 Å². The van der Waals surface area contributed by atoms with Gasteiger partial charge >= 0.3 is 0 Å². The third-order valence-electron chi connectivity index (χ3n) is 4.48. The summed E-state index contributed by atoms with van der Waals surface area (Å²) in [6, 6.07) is 4.59. The van der Waals surface area contributed by atoms with Crippen LogP contribution < -0.4 is 10.2 Å². The molecule has 0 bridgehead atoms. The summed E-state index contributed by atoms with van der Waals surface area (Å²) in [6.07, 6.45) is 1.98. The first-order valence-corrected chi connectivity index (χ1v) is 11.0. The Bertz CT molecular complexity index is 735. The highest BCUT2D eigenvalue weighted by Crippen LogP contribution is 2.27. The largest absolute Gasteiger partial charge is 0.349 e. The van der Waals surface area contributed by atoms with E-state index < -0.39 is 10.0 Å². The summed E-state index contributed by atoms with van der Waals surface area (Å²) in [5, 5.41) is 3.47. The molecule has 0 saturated carbocycles. The molecular formula is C17H26Cl2N3O3S+. The van der Waals surface area contributed by atoms with Crippen LogP contribution in [0.25, 0.3) is 0 Å². The summed E-state index contributed by atoms with van der Waals surface area (Å²) < 4.78 is 27.0. The van der Waals surface area contributed by atoms with Gasteiger partial charge in [0.1, 0.15) is 4.90 Å². The summed E-state index contributed by atoms with van der Waals surface area (Å²) in [6.45, 7) is 6.28. The van der Waals surface area contributed by atoms with E-state index in [1.807, 2.05) is 6.92 Å². The summed E-state index contributed by atoms with van der Waals surface area (Å²) in [5.41, 5.74) is 0. The lowest BCUT2D eigenvalue weighted by atomic mass is 10.2. The smallest absolute Gasteiger partial charge is 0.275 e. The zero-order chi connectivity index (χ0) is 19.3. The van der Waals surface area contributed by atoms with Gasteiger partial charge in [0, 0.05) is 11.1 Å². The predicted molar refractivity (Wildman–Crippen MR) is 103 cm³/mol. The minimum absolute atomic E-state index is 0.00939. The molecule has 1 aromatic rings. The summed E-state index contributed by atoms with van der Waals surface area (Å²) >= 11 is 12.0. The van der Waals surface area contributed by atoms with E-state index in [0.717, 1.165) is 17.7 Å². The molecule has 1 fully saturated rings. The number of nitrogens with one attached hydrogen (secondary N) is 2. The Labute approximate surface area is 165 Å². The lowest BCUT2D eigenvalue weighted by Crippen LogP contribution is -3.15. The second-order valence-electron chi connectivity index (χ2n) is 6.66. The first-order chi connectivity index (χ1) is 12.2. The van der Waals surface area contributed by atoms with Gasteiger partial charge in [-0.05, 0) is 31.5 Å². The third-order valence-corrected chi connectivity index (χ3v) is 7.10. The van der Waals surface area contributed by atoms with Crippen molar-refractivity contribution < 1.29 is 18.1 Å². The Morgan fingerprint density at radius 3 is 2.58 bits per heavy atom. The van der Waals surface area contributed by atoms with E-state index in [4.69, 9.17) is 23.2 Å². The van der Waals surface area contributed by atoms with Crippen LogP contribution in [-0.2, 0) is 14.8 Å². The monoisotopic (exact) mass is 422 g/mol. The number of piperazine rings is 1. The van der Waals surface area contributed by atoms with Crippen LogP contribution >= 0.6 is 23.2 Å². The van der Waals surface area contributed by atoms with Gasteiger partial charge in [-0.25, -0.2) is 8.42 Å². The lowest BCUT2D eigenvalue weighted by Gasteiger charge is -2.31. The minimum Gasteiger partial charge on any atom is -0.349 e. The normalized spacial score (nSPS) is 17.8. The van der Waals surface area contributed by atoms with Gasteiger partial charge in [-0.15, -0.1) is 0 Å². The number of amides is 1. The van der Waals surface area contributed by atoms with Crippen LogP contribution in [0, 0.1) is 0 Å². The Kier molecular flexibility index (Phi) is 7.73. The maximum atomic E-state index is 12.8. The number of carbonyl (C=O) groups excluding carboxylic acids is 1. The van der Waals surface area contributed by atoms with Crippen LogP contribution in [-0.4, -0.2) is 57.4 Å². The molecular weight excluding hydrogens is 397 g/mol. The number of hydrogen-bond acceptors (Lipinski definition) is 3. The molecule has 1 saturated heterocycles. The molecule has 0 unspecified atom stereocenters. The summed E-state index contributed by atoms with van der Waals surface area (Å²) in [7, 11) is -3.69. The first-order valence-electron chi connectivity index (χ1n) is 8.82. The van der Waals surface area contributed by atoms with Crippen LogP contribution in [0.1, 0.15) is 26.7 Å². The number of sulfonamides is 1. The van der Waals surface area contributed by atoms with Crippen molar-refractivity contribution in [3.8, 4) is 0 Å². The second kappa shape index (κ2) is 9.37. The molecule has 6 nitrogen and oxygen atoms in total. The number of benzene rings is 1. The maximum Gasteiger partial charge on any atom is 0.275 e. The molecule has 9 heteroatoms. The van der Waals surface area contributed by atoms with Crippen molar-refractivity contribution in [1.29, 1.82) is 0 Å². The standard InChI is InChI=1S/C17H25Cl2N3O3S/c1-3-4-13(2)20-17(23)12-21-7-9-22(10-8-21)26(24,25)16-11-14(18)5-6-15(16)19/h5-6,11,13H,3-4,7-10,12H2,1-2H3,(H,20,23)/p+1/t13-/m0/s1. The SMILES string of the molecule is CCC[C@H](C)NC(=O)C[NH+]1CCN(S(=O)(=O)c2cc(Cl)ccc2Cl)CC1. The van der Waals surface area contributed by atoms with Crippen molar-refractivity contribution in [2.75, 3.05) is 32.7 Å². The molecule has 2 rings (SSSR count). The molecule has 1 amide bonds. The second-order valence-corrected chi connectivity index (χ2v) is 9.41. The number of carbonyl (C=O) groups is 1. The molecule has 0 radical (unpaired) electrons. The van der Waals surface area contributed by atoms with Crippen LogP contribution in [0.15, 0.2) is 23.1 Å². The van der Waals surface area contributed by atoms with Crippen LogP contribution in [0.4, 0.5) is 0 Å². The highest BCUT2D eigenvalue weighted by Gasteiger charge is 2.32. The van der Waals surface area contributed by atoms with E-state index in [0.29, 0.717) is 37.7 Å². The molecule has 0 aliphatic carbocycles. The van der Waals surface area contributed by atoms with Gasteiger partial charge in [-0.2, -0.15) is 4.31 Å². The van der Waals surface area contributed by atoms with Crippen molar-refractivity contribution in [2.45, 2.75) is 37.6 Å². The van der Waals surface area contributed by atoms with Gasteiger partial charge < -0.3 is 10.2 Å². The fourth-order valence-electron chi connectivity index (χ4n) is 3.09. The molecule has 2 N–H and O–H groups in total. The zero-order valence-corrected chi connectivity index (χ0v) is 17.4. The third kappa shape index (κ3) is 5.57. The highest BCUT2D eigenvalue weighted by atomic mass is 35.5. The van der Waals surface area contributed by atoms with E-state index in [-0.39, 0.29) is 21.9 Å². The van der Waals surface area contributed by atoms with Gasteiger partial charge in [-0.1, -0.05) is 36.5 Å². The van der Waals surface area contributed by atoms with E-state index in [2.05, 4.69) is 12.2 Å². The van der Waals surface area contributed by atoms with E-state index in [9.17, 15) is 13.2 Å². The Balaban J connectivity index is 1.93. The summed E-state index contributed by atoms with van der Waals surface area (Å²) in [5.74, 6) is 0.00939. The van der Waals surface area contributed by atoms with Gasteiger partial charge in [0.2, 0.25) is 10.0 Å². The zero-order valence-electron chi connectivity index (χ0n) is 15.1. The van der Waals surface area contributed by atoms with Crippen molar-refractivity contribution in [3.05, 3.63) is 28.2 Å². The Morgan fingerprint density at radius 2 is 1.96 bits per heavy atom. The topological polar surface area (TPSA) is 70.9 Å². The molecule has 0 aromatic heterocycles. The number of rotatable bonds is 7. The fourth-order valence-corrected chi connectivity index (χ4v) is 5.27. The summed E-state index contributed by atoms with van der Waals surface area (Å²) in [4.78, 5) is 13.2. The average molecular weight is 423 g/mol. The van der Waals surface area contributed by atoms with Crippen molar-refractivity contribution in [3.63, 3.8) is 0 Å². The predicted octanol–water partition coefficient (Wildman–Crippen LogP) is 1.19. The quantitative estimate of drug-likeness (QED) is 0.692. The van der Waals surface area contributed by atoms with Crippen molar-refractivity contribution >= 4 is 39.1 Å². The van der Waals surface area contributed by atoms with Crippen LogP contribution in [0.3, 0.4) is 0 Å². The minimum atomic E-state index is -3.69. The number of halogens is 2. The molecule has 146 valence electrons. The van der Waals surface area contributed by atoms with Crippen LogP contribution in [0.2, 0.25) is 10.0 Å². The average Bonchev–Trinajstić information content (AvgIpc) is 2.57. The lowest BCUT2D eigenvalue weighted by molar-refractivity contribution is -0.895. The number of hydrogen-bond donors (Lipinski definition) is 2. The Hall–Kier alpha value is -0.860. The highest BCUT2D eigenvalue weighted by molar-refractivity contribution is 7.89. The maximum absolute atomic E-state index is 12.8. The van der Waals surface area contributed by atoms with Crippen LogP contribution in [0.5, 0.6) is 0 Å².